The molecular formula is C15H17N3O2. The molecule has 0 spiro atoms. The Morgan fingerprint density at radius 3 is 2.55 bits per heavy atom. The van der Waals surface area contributed by atoms with Gasteiger partial charge in [0.05, 0.1) is 12.4 Å². The Kier molecular flexibility index (Phi) is 3.78. The monoisotopic (exact) mass is 271 g/mol. The highest BCUT2D eigenvalue weighted by Gasteiger charge is 2.15. The third-order valence-electron chi connectivity index (χ3n) is 3.35. The molecule has 1 saturated heterocycles. The first-order valence-electron chi connectivity index (χ1n) is 6.81. The van der Waals surface area contributed by atoms with E-state index in [-0.39, 0.29) is 5.75 Å². The maximum absolute atomic E-state index is 9.21. The Morgan fingerprint density at radius 2 is 1.90 bits per heavy atom. The Morgan fingerprint density at radius 1 is 1.15 bits per heavy atom. The normalized spacial score (nSPS) is 18.1. The number of aromatic hydroxyl groups is 1. The highest BCUT2D eigenvalue weighted by molar-refractivity contribution is 5.33. The van der Waals surface area contributed by atoms with Gasteiger partial charge in [0.2, 0.25) is 0 Å². The molecule has 0 amide bonds. The molecule has 104 valence electrons. The van der Waals surface area contributed by atoms with Crippen molar-refractivity contribution < 1.29 is 9.84 Å². The van der Waals surface area contributed by atoms with Gasteiger partial charge < -0.3 is 15.2 Å². The van der Waals surface area contributed by atoms with Crippen LogP contribution in [0.5, 0.6) is 17.2 Å². The van der Waals surface area contributed by atoms with Crippen LogP contribution in [-0.2, 0) is 6.42 Å². The van der Waals surface area contributed by atoms with E-state index < -0.39 is 0 Å². The number of phenols is 1. The van der Waals surface area contributed by atoms with Gasteiger partial charge in [-0.25, -0.2) is 9.97 Å². The van der Waals surface area contributed by atoms with E-state index in [2.05, 4.69) is 15.3 Å². The molecule has 20 heavy (non-hydrogen) atoms. The number of rotatable bonds is 4. The lowest BCUT2D eigenvalue weighted by molar-refractivity contribution is 0.461. The summed E-state index contributed by atoms with van der Waals surface area (Å²) in [6.45, 7) is 1.09. The third kappa shape index (κ3) is 3.24. The molecule has 0 aliphatic carbocycles. The van der Waals surface area contributed by atoms with Crippen LogP contribution in [-0.4, -0.2) is 27.7 Å². The predicted octanol–water partition coefficient (Wildman–Crippen LogP) is 2.27. The van der Waals surface area contributed by atoms with E-state index in [0.29, 0.717) is 17.5 Å². The summed E-state index contributed by atoms with van der Waals surface area (Å²) in [5.74, 6) is 2.30. The largest absolute Gasteiger partial charge is 0.508 e. The number of nitrogens with one attached hydrogen (secondary N) is 1. The van der Waals surface area contributed by atoms with Gasteiger partial charge in [-0.3, -0.25) is 0 Å². The fourth-order valence-electron chi connectivity index (χ4n) is 2.30. The average Bonchev–Trinajstić information content (AvgIpc) is 2.96. The van der Waals surface area contributed by atoms with Gasteiger partial charge in [0, 0.05) is 12.5 Å². The second-order valence-electron chi connectivity index (χ2n) is 4.93. The van der Waals surface area contributed by atoms with Gasteiger partial charge in [0.25, 0.3) is 0 Å². The Labute approximate surface area is 117 Å². The van der Waals surface area contributed by atoms with Crippen molar-refractivity contribution in [3.8, 4) is 17.2 Å². The first-order valence-corrected chi connectivity index (χ1v) is 6.81. The minimum absolute atomic E-state index is 0.216. The van der Waals surface area contributed by atoms with E-state index >= 15 is 0 Å². The van der Waals surface area contributed by atoms with E-state index in [9.17, 15) is 5.11 Å². The number of ether oxygens (including phenoxy) is 1. The van der Waals surface area contributed by atoms with Gasteiger partial charge >= 0.3 is 0 Å². The molecular weight excluding hydrogens is 254 g/mol. The molecule has 5 nitrogen and oxygen atoms in total. The lowest BCUT2D eigenvalue weighted by Gasteiger charge is -2.09. The van der Waals surface area contributed by atoms with Gasteiger partial charge in [-0.2, -0.15) is 0 Å². The molecule has 5 heteroatoms. The topological polar surface area (TPSA) is 67.3 Å². The number of hydrogen-bond donors (Lipinski definition) is 2. The zero-order valence-corrected chi connectivity index (χ0v) is 11.1. The molecule has 1 unspecified atom stereocenters. The first kappa shape index (κ1) is 12.9. The molecule has 1 fully saturated rings. The summed E-state index contributed by atoms with van der Waals surface area (Å²) < 4.78 is 5.61. The smallest absolute Gasteiger partial charge is 0.164 e. The van der Waals surface area contributed by atoms with E-state index in [1.165, 1.54) is 12.8 Å². The lowest BCUT2D eigenvalue weighted by Crippen LogP contribution is -2.24. The number of nitrogens with zero attached hydrogens (tertiary/aromatic N) is 2. The molecule has 1 atom stereocenters. The third-order valence-corrected chi connectivity index (χ3v) is 3.35. The van der Waals surface area contributed by atoms with Crippen LogP contribution in [0.4, 0.5) is 0 Å². The minimum atomic E-state index is 0.216. The lowest BCUT2D eigenvalue weighted by atomic mass is 10.1. The summed E-state index contributed by atoms with van der Waals surface area (Å²) in [6, 6.07) is 7.06. The minimum Gasteiger partial charge on any atom is -0.508 e. The number of hydrogen-bond acceptors (Lipinski definition) is 5. The van der Waals surface area contributed by atoms with Gasteiger partial charge in [0.1, 0.15) is 17.3 Å². The molecule has 0 saturated carbocycles. The van der Waals surface area contributed by atoms with E-state index in [1.54, 1.807) is 36.7 Å². The molecule has 0 radical (unpaired) electrons. The summed E-state index contributed by atoms with van der Waals surface area (Å²) >= 11 is 0. The van der Waals surface area contributed by atoms with Crippen molar-refractivity contribution in [3.05, 3.63) is 42.5 Å². The van der Waals surface area contributed by atoms with Crippen LogP contribution >= 0.6 is 0 Å². The summed E-state index contributed by atoms with van der Waals surface area (Å²) in [6.07, 6.45) is 6.65. The zero-order valence-electron chi connectivity index (χ0n) is 11.1. The number of phenolic OH excluding ortho intramolecular Hbond substituents is 1. The van der Waals surface area contributed by atoms with Crippen molar-refractivity contribution in [3.63, 3.8) is 0 Å². The predicted molar refractivity (Wildman–Crippen MR) is 74.9 cm³/mol. The SMILES string of the molecule is Oc1ccc(Oc2cnc(CC3CCCN3)nc2)cc1. The number of aromatic nitrogens is 2. The molecule has 1 aliphatic rings. The van der Waals surface area contributed by atoms with Crippen LogP contribution in [0, 0.1) is 0 Å². The van der Waals surface area contributed by atoms with Crippen LogP contribution in [0.1, 0.15) is 18.7 Å². The molecule has 1 aliphatic heterocycles. The first-order chi connectivity index (χ1) is 9.79. The van der Waals surface area contributed by atoms with Gasteiger partial charge in [-0.15, -0.1) is 0 Å². The maximum atomic E-state index is 9.21. The van der Waals surface area contributed by atoms with Crippen LogP contribution in [0.3, 0.4) is 0 Å². The van der Waals surface area contributed by atoms with Crippen molar-refractivity contribution in [2.75, 3.05) is 6.54 Å². The average molecular weight is 271 g/mol. The van der Waals surface area contributed by atoms with Crippen molar-refractivity contribution in [1.29, 1.82) is 0 Å². The van der Waals surface area contributed by atoms with Gasteiger partial charge in [0.15, 0.2) is 5.75 Å². The molecule has 0 bridgehead atoms. The molecule has 2 heterocycles. The summed E-state index contributed by atoms with van der Waals surface area (Å²) in [5, 5.41) is 12.6. The Hall–Kier alpha value is -2.14. The fraction of sp³-hybridized carbons (Fsp3) is 0.333. The van der Waals surface area contributed by atoms with Crippen molar-refractivity contribution >= 4 is 0 Å². The second kappa shape index (κ2) is 5.88. The highest BCUT2D eigenvalue weighted by Crippen LogP contribution is 2.22. The van der Waals surface area contributed by atoms with Crippen molar-refractivity contribution in [2.24, 2.45) is 0 Å². The second-order valence-corrected chi connectivity index (χ2v) is 4.93. The van der Waals surface area contributed by atoms with Crippen molar-refractivity contribution in [1.82, 2.24) is 15.3 Å². The maximum Gasteiger partial charge on any atom is 0.164 e. The van der Waals surface area contributed by atoms with E-state index in [4.69, 9.17) is 4.74 Å². The van der Waals surface area contributed by atoms with Crippen LogP contribution in [0.2, 0.25) is 0 Å². The fourth-order valence-corrected chi connectivity index (χ4v) is 2.30. The van der Waals surface area contributed by atoms with Crippen molar-refractivity contribution in [2.45, 2.75) is 25.3 Å². The summed E-state index contributed by atoms with van der Waals surface area (Å²) in [7, 11) is 0. The quantitative estimate of drug-likeness (QED) is 0.893. The van der Waals surface area contributed by atoms with Gasteiger partial charge in [-0.1, -0.05) is 0 Å². The zero-order chi connectivity index (χ0) is 13.8. The van der Waals surface area contributed by atoms with Crippen LogP contribution in [0.25, 0.3) is 0 Å². The standard InChI is InChI=1S/C15H17N3O2/c19-12-3-5-13(6-4-12)20-14-9-17-15(18-10-14)8-11-2-1-7-16-11/h3-6,9-11,16,19H,1-2,7-8H2. The summed E-state index contributed by atoms with van der Waals surface area (Å²) in [5.41, 5.74) is 0. The molecule has 2 N–H and O–H groups in total. The van der Waals surface area contributed by atoms with E-state index in [1.807, 2.05) is 0 Å². The Bertz CT molecular complexity index is 548. The molecule has 3 rings (SSSR count). The Balaban J connectivity index is 1.62. The highest BCUT2D eigenvalue weighted by atomic mass is 16.5. The molecule has 2 aromatic rings. The van der Waals surface area contributed by atoms with Crippen LogP contribution in [0.15, 0.2) is 36.7 Å². The molecule has 1 aromatic carbocycles. The van der Waals surface area contributed by atoms with Crippen LogP contribution < -0.4 is 10.1 Å². The summed E-state index contributed by atoms with van der Waals surface area (Å²) in [4.78, 5) is 8.66. The van der Waals surface area contributed by atoms with Gasteiger partial charge in [-0.05, 0) is 43.7 Å². The van der Waals surface area contributed by atoms with E-state index in [0.717, 1.165) is 18.8 Å². The molecule has 1 aromatic heterocycles. The number of benzene rings is 1.